The van der Waals surface area contributed by atoms with Gasteiger partial charge in [-0.2, -0.15) is 0 Å². The third-order valence-electron chi connectivity index (χ3n) is 4.39. The van der Waals surface area contributed by atoms with Crippen LogP contribution in [-0.2, 0) is 14.3 Å². The maximum absolute atomic E-state index is 12.6. The van der Waals surface area contributed by atoms with E-state index >= 15 is 0 Å². The number of aliphatic carboxylic acids is 1. The SMILES string of the molecule is O=C(O)[C@@H]1[C@@H](C(=O)N2CCCCCC2)[C@H]2C=C[C@@H]1O2. The summed E-state index contributed by atoms with van der Waals surface area (Å²) in [6, 6.07) is 0. The van der Waals surface area contributed by atoms with Gasteiger partial charge in [0.25, 0.3) is 0 Å². The molecule has 0 aromatic heterocycles. The molecule has 5 heteroatoms. The first-order valence-electron chi connectivity index (χ1n) is 7.04. The summed E-state index contributed by atoms with van der Waals surface area (Å²) in [5, 5.41) is 9.32. The van der Waals surface area contributed by atoms with Crippen molar-refractivity contribution in [3.63, 3.8) is 0 Å². The summed E-state index contributed by atoms with van der Waals surface area (Å²) >= 11 is 0. The lowest BCUT2D eigenvalue weighted by Crippen LogP contribution is -2.45. The van der Waals surface area contributed by atoms with Crippen LogP contribution < -0.4 is 0 Å². The van der Waals surface area contributed by atoms with Crippen molar-refractivity contribution in [2.24, 2.45) is 11.8 Å². The van der Waals surface area contributed by atoms with Gasteiger partial charge in [-0.15, -0.1) is 0 Å². The van der Waals surface area contributed by atoms with Gasteiger partial charge in [0.2, 0.25) is 5.91 Å². The van der Waals surface area contributed by atoms with Crippen LogP contribution in [0.5, 0.6) is 0 Å². The fourth-order valence-electron chi connectivity index (χ4n) is 3.40. The zero-order valence-electron chi connectivity index (χ0n) is 10.8. The van der Waals surface area contributed by atoms with Crippen molar-refractivity contribution in [1.82, 2.24) is 4.90 Å². The summed E-state index contributed by atoms with van der Waals surface area (Å²) in [5.41, 5.74) is 0. The Labute approximate surface area is 112 Å². The quantitative estimate of drug-likeness (QED) is 0.758. The Morgan fingerprint density at radius 3 is 2.16 bits per heavy atom. The first kappa shape index (κ1) is 12.7. The van der Waals surface area contributed by atoms with Crippen LogP contribution >= 0.6 is 0 Å². The van der Waals surface area contributed by atoms with Gasteiger partial charge in [-0.25, -0.2) is 0 Å². The van der Waals surface area contributed by atoms with Crippen LogP contribution in [0, 0.1) is 11.8 Å². The fourth-order valence-corrected chi connectivity index (χ4v) is 3.40. The predicted octanol–water partition coefficient (Wildman–Crippen LogP) is 1.04. The summed E-state index contributed by atoms with van der Waals surface area (Å²) in [7, 11) is 0. The van der Waals surface area contributed by atoms with Gasteiger partial charge in [0.1, 0.15) is 5.92 Å². The van der Waals surface area contributed by atoms with Crippen LogP contribution in [0.2, 0.25) is 0 Å². The Morgan fingerprint density at radius 1 is 1.00 bits per heavy atom. The Kier molecular flexibility index (Phi) is 3.31. The van der Waals surface area contributed by atoms with Crippen molar-refractivity contribution < 1.29 is 19.4 Å². The molecule has 0 aromatic rings. The molecule has 2 saturated heterocycles. The highest BCUT2D eigenvalue weighted by molar-refractivity contribution is 5.87. The number of amides is 1. The Hall–Kier alpha value is -1.36. The van der Waals surface area contributed by atoms with Crippen LogP contribution in [0.25, 0.3) is 0 Å². The molecule has 4 atom stereocenters. The third-order valence-corrected chi connectivity index (χ3v) is 4.39. The van der Waals surface area contributed by atoms with Crippen molar-refractivity contribution in [2.75, 3.05) is 13.1 Å². The maximum atomic E-state index is 12.6. The number of fused-ring (bicyclic) bond motifs is 2. The lowest BCUT2D eigenvalue weighted by molar-refractivity contribution is -0.149. The van der Waals surface area contributed by atoms with E-state index in [0.717, 1.165) is 38.8 Å². The molecule has 3 aliphatic rings. The Bertz CT molecular complexity index is 412. The third kappa shape index (κ3) is 2.16. The average Bonchev–Trinajstić information content (AvgIpc) is 2.89. The molecule has 0 aliphatic carbocycles. The summed E-state index contributed by atoms with van der Waals surface area (Å²) in [4.78, 5) is 25.8. The minimum Gasteiger partial charge on any atom is -0.481 e. The standard InChI is InChI=1S/C14H19NO4/c16-13(15-7-3-1-2-4-8-15)11-9-5-6-10(19-9)12(11)14(17)18/h5-6,9-12H,1-4,7-8H2,(H,17,18)/t9-,10+,11+,12+/m1/s1. The molecule has 0 radical (unpaired) electrons. The second-order valence-electron chi connectivity index (χ2n) is 5.58. The molecule has 0 spiro atoms. The van der Waals surface area contributed by atoms with E-state index in [0.29, 0.717) is 0 Å². The Balaban J connectivity index is 1.78. The van der Waals surface area contributed by atoms with Crippen molar-refractivity contribution in [3.05, 3.63) is 12.2 Å². The number of likely N-dealkylation sites (tertiary alicyclic amines) is 1. The number of nitrogens with zero attached hydrogens (tertiary/aromatic N) is 1. The van der Waals surface area contributed by atoms with Crippen molar-refractivity contribution >= 4 is 11.9 Å². The molecule has 0 aromatic carbocycles. The monoisotopic (exact) mass is 265 g/mol. The van der Waals surface area contributed by atoms with Gasteiger partial charge in [0.05, 0.1) is 18.1 Å². The molecule has 5 nitrogen and oxygen atoms in total. The molecule has 3 heterocycles. The van der Waals surface area contributed by atoms with Crippen LogP contribution in [0.1, 0.15) is 25.7 Å². The van der Waals surface area contributed by atoms with Crippen molar-refractivity contribution in [1.29, 1.82) is 0 Å². The lowest BCUT2D eigenvalue weighted by Gasteiger charge is -2.28. The normalized spacial score (nSPS) is 37.4. The Morgan fingerprint density at radius 2 is 1.58 bits per heavy atom. The lowest BCUT2D eigenvalue weighted by atomic mass is 9.82. The molecule has 0 saturated carbocycles. The van der Waals surface area contributed by atoms with Crippen LogP contribution in [0.3, 0.4) is 0 Å². The van der Waals surface area contributed by atoms with Gasteiger partial charge < -0.3 is 14.7 Å². The van der Waals surface area contributed by atoms with Crippen LogP contribution in [-0.4, -0.2) is 47.2 Å². The first-order valence-corrected chi connectivity index (χ1v) is 7.04. The number of carbonyl (C=O) groups excluding carboxylic acids is 1. The van der Waals surface area contributed by atoms with E-state index in [1.807, 2.05) is 11.0 Å². The number of carbonyl (C=O) groups is 2. The number of rotatable bonds is 2. The van der Waals surface area contributed by atoms with Gasteiger partial charge in [-0.05, 0) is 12.8 Å². The van der Waals surface area contributed by atoms with Gasteiger partial charge in [-0.1, -0.05) is 25.0 Å². The zero-order chi connectivity index (χ0) is 13.4. The number of hydrogen-bond donors (Lipinski definition) is 1. The maximum Gasteiger partial charge on any atom is 0.310 e. The summed E-state index contributed by atoms with van der Waals surface area (Å²) < 4.78 is 5.56. The molecule has 19 heavy (non-hydrogen) atoms. The molecule has 0 unspecified atom stereocenters. The molecule has 3 rings (SSSR count). The largest absolute Gasteiger partial charge is 0.481 e. The highest BCUT2D eigenvalue weighted by Crippen LogP contribution is 2.40. The van der Waals surface area contributed by atoms with E-state index in [1.165, 1.54) is 0 Å². The summed E-state index contributed by atoms with van der Waals surface area (Å²) in [5.74, 6) is -2.22. The van der Waals surface area contributed by atoms with Gasteiger partial charge in [0.15, 0.2) is 0 Å². The van der Waals surface area contributed by atoms with Crippen LogP contribution in [0.15, 0.2) is 12.2 Å². The van der Waals surface area contributed by atoms with E-state index in [2.05, 4.69) is 0 Å². The zero-order valence-corrected chi connectivity index (χ0v) is 10.8. The van der Waals surface area contributed by atoms with E-state index in [1.54, 1.807) is 6.08 Å². The summed E-state index contributed by atoms with van der Waals surface area (Å²) in [6.07, 6.45) is 7.17. The highest BCUT2D eigenvalue weighted by atomic mass is 16.5. The predicted molar refractivity (Wildman–Crippen MR) is 67.5 cm³/mol. The molecule has 104 valence electrons. The summed E-state index contributed by atoms with van der Waals surface area (Å²) in [6.45, 7) is 1.51. The molecule has 1 amide bonds. The topological polar surface area (TPSA) is 66.8 Å². The van der Waals surface area contributed by atoms with Gasteiger partial charge in [-0.3, -0.25) is 9.59 Å². The average molecular weight is 265 g/mol. The van der Waals surface area contributed by atoms with Gasteiger partial charge in [0, 0.05) is 13.1 Å². The molecule has 2 fully saturated rings. The van der Waals surface area contributed by atoms with E-state index in [9.17, 15) is 14.7 Å². The molecular formula is C14H19NO4. The molecular weight excluding hydrogens is 246 g/mol. The number of carboxylic acid groups (broad SMARTS) is 1. The molecule has 2 bridgehead atoms. The van der Waals surface area contributed by atoms with Gasteiger partial charge >= 0.3 is 5.97 Å². The molecule has 3 aliphatic heterocycles. The fraction of sp³-hybridized carbons (Fsp3) is 0.714. The smallest absolute Gasteiger partial charge is 0.310 e. The highest BCUT2D eigenvalue weighted by Gasteiger charge is 2.54. The second kappa shape index (κ2) is 4.96. The number of carboxylic acids is 1. The second-order valence-corrected chi connectivity index (χ2v) is 5.58. The molecule has 1 N–H and O–H groups in total. The van der Waals surface area contributed by atoms with Crippen LogP contribution in [0.4, 0.5) is 0 Å². The van der Waals surface area contributed by atoms with E-state index in [-0.39, 0.29) is 12.0 Å². The van der Waals surface area contributed by atoms with E-state index in [4.69, 9.17) is 4.74 Å². The minimum atomic E-state index is -0.926. The number of hydrogen-bond acceptors (Lipinski definition) is 3. The van der Waals surface area contributed by atoms with E-state index < -0.39 is 23.9 Å². The first-order chi connectivity index (χ1) is 9.18. The minimum absolute atomic E-state index is 0.0360. The van der Waals surface area contributed by atoms with Crippen molar-refractivity contribution in [2.45, 2.75) is 37.9 Å². The van der Waals surface area contributed by atoms with Crippen molar-refractivity contribution in [3.8, 4) is 0 Å². The number of ether oxygens (including phenoxy) is 1.